The Labute approximate surface area is 230 Å². The van der Waals surface area contributed by atoms with E-state index in [0.29, 0.717) is 54.6 Å². The van der Waals surface area contributed by atoms with E-state index in [2.05, 4.69) is 15.0 Å². The van der Waals surface area contributed by atoms with Gasteiger partial charge in [0, 0.05) is 43.0 Å². The van der Waals surface area contributed by atoms with Gasteiger partial charge in [-0.25, -0.2) is 23.1 Å². The molecule has 0 unspecified atom stereocenters. The number of H-pyrrole nitrogens is 1. The summed E-state index contributed by atoms with van der Waals surface area (Å²) in [4.78, 5) is 15.7. The molecule has 1 aliphatic heterocycles. The third-order valence-corrected chi connectivity index (χ3v) is 7.29. The van der Waals surface area contributed by atoms with E-state index in [1.165, 1.54) is 0 Å². The molecular weight excluding hydrogens is 560 g/mol. The van der Waals surface area contributed by atoms with Gasteiger partial charge in [-0.2, -0.15) is 13.2 Å². The highest BCUT2D eigenvalue weighted by molar-refractivity contribution is 6.33. The van der Waals surface area contributed by atoms with Crippen molar-refractivity contribution < 1.29 is 31.4 Å². The predicted molar refractivity (Wildman–Crippen MR) is 140 cm³/mol. The van der Waals surface area contributed by atoms with Crippen molar-refractivity contribution in [3.05, 3.63) is 70.1 Å². The minimum atomic E-state index is -4.75. The average molecular weight is 584 g/mol. The highest BCUT2D eigenvalue weighted by Crippen LogP contribution is 2.38. The fraction of sp³-hybridized carbons (Fsp3) is 0.333. The zero-order chi connectivity index (χ0) is 28.9. The van der Waals surface area contributed by atoms with Crippen LogP contribution >= 0.6 is 11.6 Å². The van der Waals surface area contributed by atoms with E-state index < -0.39 is 35.3 Å². The molecule has 4 aromatic rings. The number of aliphatic hydroxyl groups is 1. The number of aromatic amines is 1. The van der Waals surface area contributed by atoms with Crippen LogP contribution in [0.3, 0.4) is 0 Å². The van der Waals surface area contributed by atoms with E-state index in [1.54, 1.807) is 12.3 Å². The van der Waals surface area contributed by atoms with Crippen molar-refractivity contribution in [3.63, 3.8) is 0 Å². The number of pyridine rings is 1. The van der Waals surface area contributed by atoms with Crippen LogP contribution in [0.15, 0.2) is 36.5 Å². The highest BCUT2D eigenvalue weighted by Gasteiger charge is 2.33. The van der Waals surface area contributed by atoms with Gasteiger partial charge in [0.2, 0.25) is 5.95 Å². The summed E-state index contributed by atoms with van der Waals surface area (Å²) in [5.41, 5.74) is -0.847. The third-order valence-electron chi connectivity index (χ3n) is 7.01. The Hall–Kier alpha value is -3.51. The van der Waals surface area contributed by atoms with Crippen molar-refractivity contribution in [2.75, 3.05) is 29.4 Å². The van der Waals surface area contributed by atoms with Crippen LogP contribution in [0.25, 0.3) is 22.2 Å². The normalized spacial score (nSPS) is 17.1. The number of aromatic nitrogens is 3. The number of aliphatic hydroxyl groups excluding tert-OH is 1. The monoisotopic (exact) mass is 583 g/mol. The van der Waals surface area contributed by atoms with Crippen molar-refractivity contribution in [2.24, 2.45) is 0 Å². The second-order valence-electron chi connectivity index (χ2n) is 9.72. The summed E-state index contributed by atoms with van der Waals surface area (Å²) in [7, 11) is 0. The SMILES string of the molecule is CC[C@@H](O)c1cnc(N2CCN(c3nc4c(-c5cc(F)c(F)c(F)c5)cc(C(F)(F)F)cc4[nH]3)[C@H](C)C2)c(Cl)c1. The molecule has 0 amide bonds. The van der Waals surface area contributed by atoms with Crippen molar-refractivity contribution in [1.82, 2.24) is 15.0 Å². The standard InChI is InChI=1S/C27H24ClF6N5O/c1-3-22(40)15-6-18(28)25(35-11-15)38-4-5-39(13(2)12-38)26-36-21-10-16(27(32,33)34)9-17(24(21)37-26)14-7-19(29)23(31)20(30)8-14/h6-11,13,22,40H,3-5,12H2,1-2H3,(H,36,37)/t13-,22-/m1/s1. The minimum absolute atomic E-state index is 0.00868. The molecule has 0 spiro atoms. The number of hydrogen-bond acceptors (Lipinski definition) is 5. The van der Waals surface area contributed by atoms with E-state index in [-0.39, 0.29) is 34.2 Å². The highest BCUT2D eigenvalue weighted by atomic mass is 35.5. The number of alkyl halides is 3. The van der Waals surface area contributed by atoms with Gasteiger partial charge in [0.05, 0.1) is 27.7 Å². The Morgan fingerprint density at radius 1 is 1.10 bits per heavy atom. The van der Waals surface area contributed by atoms with Crippen molar-refractivity contribution >= 4 is 34.4 Å². The van der Waals surface area contributed by atoms with Crippen molar-refractivity contribution in [1.29, 1.82) is 0 Å². The fourth-order valence-electron chi connectivity index (χ4n) is 4.90. The van der Waals surface area contributed by atoms with E-state index in [0.717, 1.165) is 12.1 Å². The lowest BCUT2D eigenvalue weighted by Gasteiger charge is -2.40. The van der Waals surface area contributed by atoms with Gasteiger partial charge in [0.1, 0.15) is 5.82 Å². The van der Waals surface area contributed by atoms with Gasteiger partial charge < -0.3 is 19.9 Å². The number of rotatable bonds is 5. The zero-order valence-electron chi connectivity index (χ0n) is 21.3. The van der Waals surface area contributed by atoms with E-state index >= 15 is 0 Å². The molecule has 0 radical (unpaired) electrons. The fourth-order valence-corrected chi connectivity index (χ4v) is 5.19. The number of imidazole rings is 1. The van der Waals surface area contributed by atoms with Gasteiger partial charge in [0.25, 0.3) is 0 Å². The molecule has 6 nitrogen and oxygen atoms in total. The maximum atomic E-state index is 14.0. The first-order chi connectivity index (χ1) is 18.9. The van der Waals surface area contributed by atoms with E-state index in [1.807, 2.05) is 23.6 Å². The molecular formula is C27H24ClF6N5O. The Morgan fingerprint density at radius 2 is 1.80 bits per heavy atom. The molecule has 212 valence electrons. The summed E-state index contributed by atoms with van der Waals surface area (Å²) in [6.45, 7) is 5.05. The van der Waals surface area contributed by atoms with Crippen LogP contribution in [0.5, 0.6) is 0 Å². The Morgan fingerprint density at radius 3 is 2.40 bits per heavy atom. The second-order valence-corrected chi connectivity index (χ2v) is 10.1. The maximum Gasteiger partial charge on any atom is 0.416 e. The summed E-state index contributed by atoms with van der Waals surface area (Å²) in [5, 5.41) is 10.5. The molecule has 1 aliphatic rings. The first kappa shape index (κ1) is 28.0. The Kier molecular flexibility index (Phi) is 7.34. The first-order valence-corrected chi connectivity index (χ1v) is 12.9. The second kappa shape index (κ2) is 10.5. The zero-order valence-corrected chi connectivity index (χ0v) is 22.1. The van der Waals surface area contributed by atoms with Gasteiger partial charge >= 0.3 is 6.18 Å². The van der Waals surface area contributed by atoms with Gasteiger partial charge in [-0.05, 0) is 49.2 Å². The van der Waals surface area contributed by atoms with Gasteiger partial charge in [-0.3, -0.25) is 0 Å². The van der Waals surface area contributed by atoms with Crippen LogP contribution in [-0.4, -0.2) is 45.7 Å². The summed E-state index contributed by atoms with van der Waals surface area (Å²) >= 11 is 6.46. The number of benzene rings is 2. The maximum absolute atomic E-state index is 14.0. The summed E-state index contributed by atoms with van der Waals surface area (Å²) in [6, 6.07) is 4.39. The van der Waals surface area contributed by atoms with E-state index in [9.17, 15) is 31.4 Å². The van der Waals surface area contributed by atoms with Crippen LogP contribution in [0.2, 0.25) is 5.02 Å². The summed E-state index contributed by atoms with van der Waals surface area (Å²) in [5.74, 6) is -3.95. The average Bonchev–Trinajstić information content (AvgIpc) is 3.33. The molecule has 0 bridgehead atoms. The number of nitrogens with one attached hydrogen (secondary N) is 1. The topological polar surface area (TPSA) is 68.3 Å². The molecule has 1 saturated heterocycles. The smallest absolute Gasteiger partial charge is 0.388 e. The van der Waals surface area contributed by atoms with Gasteiger partial charge in [0.15, 0.2) is 17.5 Å². The molecule has 1 fully saturated rings. The molecule has 2 aromatic carbocycles. The number of anilines is 2. The lowest BCUT2D eigenvalue weighted by atomic mass is 10.0. The molecule has 0 aliphatic carbocycles. The number of halogens is 7. The number of hydrogen-bond donors (Lipinski definition) is 2. The van der Waals surface area contributed by atoms with Gasteiger partial charge in [-0.15, -0.1) is 0 Å². The molecule has 2 aromatic heterocycles. The van der Waals surface area contributed by atoms with E-state index in [4.69, 9.17) is 11.6 Å². The molecule has 13 heteroatoms. The van der Waals surface area contributed by atoms with Crippen LogP contribution in [0.1, 0.15) is 37.5 Å². The number of nitrogens with zero attached hydrogens (tertiary/aromatic N) is 4. The number of piperazine rings is 1. The van der Waals surface area contributed by atoms with Crippen molar-refractivity contribution in [3.8, 4) is 11.1 Å². The first-order valence-electron chi connectivity index (χ1n) is 12.5. The molecule has 2 N–H and O–H groups in total. The molecule has 2 atom stereocenters. The molecule has 0 saturated carbocycles. The van der Waals surface area contributed by atoms with Crippen LogP contribution < -0.4 is 9.80 Å². The molecule has 40 heavy (non-hydrogen) atoms. The van der Waals surface area contributed by atoms with Crippen LogP contribution in [-0.2, 0) is 6.18 Å². The number of fused-ring (bicyclic) bond motifs is 1. The quantitative estimate of drug-likeness (QED) is 0.198. The Balaban J connectivity index is 1.48. The summed E-state index contributed by atoms with van der Waals surface area (Å²) in [6.07, 6.45) is -3.33. The lowest BCUT2D eigenvalue weighted by molar-refractivity contribution is -0.137. The van der Waals surface area contributed by atoms with Gasteiger partial charge in [-0.1, -0.05) is 18.5 Å². The summed E-state index contributed by atoms with van der Waals surface area (Å²) < 4.78 is 82.6. The predicted octanol–water partition coefficient (Wildman–Crippen LogP) is 6.87. The van der Waals surface area contributed by atoms with Crippen molar-refractivity contribution in [2.45, 2.75) is 38.6 Å². The van der Waals surface area contributed by atoms with Crippen LogP contribution in [0, 0.1) is 17.5 Å². The molecule has 5 rings (SSSR count). The Bertz CT molecular complexity index is 1550. The minimum Gasteiger partial charge on any atom is -0.388 e. The molecule has 3 heterocycles. The largest absolute Gasteiger partial charge is 0.416 e. The van der Waals surface area contributed by atoms with Crippen LogP contribution in [0.4, 0.5) is 38.1 Å². The third kappa shape index (κ3) is 5.17. The lowest BCUT2D eigenvalue weighted by Crippen LogP contribution is -2.52.